The van der Waals surface area contributed by atoms with Crippen LogP contribution in [-0.4, -0.2) is 19.9 Å². The summed E-state index contributed by atoms with van der Waals surface area (Å²) in [6.45, 7) is 4.64. The second-order valence-electron chi connectivity index (χ2n) is 16.6. The lowest BCUT2D eigenvalue weighted by atomic mass is 9.48. The number of aromatic nitrogens is 4. The van der Waals surface area contributed by atoms with Gasteiger partial charge in [-0.2, -0.15) is 0 Å². The van der Waals surface area contributed by atoms with Gasteiger partial charge in [-0.1, -0.05) is 105 Å². The van der Waals surface area contributed by atoms with Gasteiger partial charge in [0, 0.05) is 27.7 Å². The van der Waals surface area contributed by atoms with Crippen molar-refractivity contribution in [2.24, 2.45) is 17.8 Å². The number of rotatable bonds is 5. The molecular formula is C47H40N4O. The van der Waals surface area contributed by atoms with E-state index < -0.39 is 0 Å². The average Bonchev–Trinajstić information content (AvgIpc) is 3.75. The van der Waals surface area contributed by atoms with Crippen LogP contribution in [0, 0.1) is 17.8 Å². The molecule has 0 amide bonds. The van der Waals surface area contributed by atoms with E-state index in [0.717, 1.165) is 62.5 Å². The number of benzene rings is 5. The Labute approximate surface area is 304 Å². The van der Waals surface area contributed by atoms with Gasteiger partial charge in [0.25, 0.3) is 0 Å². The number of para-hydroxylation sites is 1. The molecule has 5 aromatic carbocycles. The topological polar surface area (TPSA) is 64.7 Å². The van der Waals surface area contributed by atoms with Crippen LogP contribution in [-0.2, 0) is 10.8 Å². The minimum absolute atomic E-state index is 0.225. The van der Waals surface area contributed by atoms with Crippen LogP contribution in [0.3, 0.4) is 0 Å². The molecule has 4 bridgehead atoms. The first-order valence-corrected chi connectivity index (χ1v) is 19.0. The van der Waals surface area contributed by atoms with Crippen molar-refractivity contribution in [2.75, 3.05) is 0 Å². The van der Waals surface area contributed by atoms with Gasteiger partial charge in [0.1, 0.15) is 5.52 Å². The molecule has 0 spiro atoms. The summed E-state index contributed by atoms with van der Waals surface area (Å²) in [5.41, 5.74) is 13.7. The highest BCUT2D eigenvalue weighted by molar-refractivity contribution is 5.92. The number of hydrogen-bond donors (Lipinski definition) is 0. The lowest BCUT2D eigenvalue weighted by Crippen LogP contribution is -2.48. The van der Waals surface area contributed by atoms with E-state index >= 15 is 0 Å². The van der Waals surface area contributed by atoms with Gasteiger partial charge in [0.05, 0.1) is 0 Å². The third-order valence-corrected chi connectivity index (χ3v) is 13.1. The predicted octanol–water partition coefficient (Wildman–Crippen LogP) is 11.5. The Morgan fingerprint density at radius 3 is 1.75 bits per heavy atom. The molecule has 12 rings (SSSR count). The summed E-state index contributed by atoms with van der Waals surface area (Å²) in [6.07, 6.45) is 10.00. The molecule has 254 valence electrons. The van der Waals surface area contributed by atoms with E-state index in [4.69, 9.17) is 19.4 Å². The van der Waals surface area contributed by atoms with Crippen LogP contribution < -0.4 is 0 Å². The van der Waals surface area contributed by atoms with Crippen molar-refractivity contribution >= 4 is 11.1 Å². The highest BCUT2D eigenvalue weighted by Crippen LogP contribution is 2.61. The van der Waals surface area contributed by atoms with Crippen LogP contribution in [0.4, 0.5) is 0 Å². The van der Waals surface area contributed by atoms with E-state index in [9.17, 15) is 0 Å². The zero-order chi connectivity index (χ0) is 34.6. The standard InChI is InChI=1S/C47H40N4O/c1-46(2)39-22-33(36-9-6-10-41-42(36)52-27-48-41)13-17-37(39)38-18-14-34(23-40(38)46)45-50-43(31-7-4-3-5-8-31)49-44(51-45)32-11-15-35(16-12-32)47-24-28-19-29(25-47)21-30(20-28)26-47/h3-18,22-23,27-30H,19-21,24-26H2,1-2H3. The zero-order valence-corrected chi connectivity index (χ0v) is 29.6. The van der Waals surface area contributed by atoms with E-state index in [0.29, 0.717) is 17.1 Å². The Bertz CT molecular complexity index is 2490. The molecule has 0 radical (unpaired) electrons. The molecule has 0 unspecified atom stereocenters. The summed E-state index contributed by atoms with van der Waals surface area (Å²) in [5, 5.41) is 0. The van der Waals surface area contributed by atoms with E-state index in [1.807, 2.05) is 30.3 Å². The van der Waals surface area contributed by atoms with Crippen molar-refractivity contribution < 1.29 is 4.42 Å². The van der Waals surface area contributed by atoms with Gasteiger partial charge in [-0.05, 0) is 113 Å². The summed E-state index contributed by atoms with van der Waals surface area (Å²) in [7, 11) is 0. The first kappa shape index (κ1) is 30.2. The lowest BCUT2D eigenvalue weighted by Gasteiger charge is -2.57. The van der Waals surface area contributed by atoms with Crippen molar-refractivity contribution in [1.29, 1.82) is 0 Å². The normalized spacial score (nSPS) is 23.5. The summed E-state index contributed by atoms with van der Waals surface area (Å²) in [5.74, 6) is 4.88. The maximum atomic E-state index is 5.81. The van der Waals surface area contributed by atoms with Crippen molar-refractivity contribution in [3.63, 3.8) is 0 Å². The summed E-state index contributed by atoms with van der Waals surface area (Å²) in [4.78, 5) is 19.7. The second-order valence-corrected chi connectivity index (χ2v) is 16.6. The number of fused-ring (bicyclic) bond motifs is 4. The molecule has 5 heteroatoms. The Kier molecular flexibility index (Phi) is 6.42. The quantitative estimate of drug-likeness (QED) is 0.182. The van der Waals surface area contributed by atoms with Gasteiger partial charge < -0.3 is 4.42 Å². The molecule has 4 fully saturated rings. The predicted molar refractivity (Wildman–Crippen MR) is 207 cm³/mol. The second kappa shape index (κ2) is 11.0. The maximum absolute atomic E-state index is 5.81. The van der Waals surface area contributed by atoms with Crippen molar-refractivity contribution in [3.8, 4) is 56.4 Å². The summed E-state index contributed by atoms with van der Waals surface area (Å²) < 4.78 is 5.81. The van der Waals surface area contributed by atoms with Gasteiger partial charge >= 0.3 is 0 Å². The smallest absolute Gasteiger partial charge is 0.182 e. The minimum atomic E-state index is -0.225. The molecule has 0 N–H and O–H groups in total. The highest BCUT2D eigenvalue weighted by atomic mass is 16.3. The van der Waals surface area contributed by atoms with Crippen LogP contribution in [0.5, 0.6) is 0 Å². The van der Waals surface area contributed by atoms with Gasteiger partial charge in [-0.3, -0.25) is 0 Å². The van der Waals surface area contributed by atoms with E-state index in [-0.39, 0.29) is 5.41 Å². The fraction of sp³-hybridized carbons (Fsp3) is 0.277. The molecule has 4 saturated carbocycles. The Morgan fingerprint density at radius 1 is 0.538 bits per heavy atom. The van der Waals surface area contributed by atoms with Gasteiger partial charge in [-0.15, -0.1) is 0 Å². The molecule has 2 aromatic heterocycles. The van der Waals surface area contributed by atoms with Crippen LogP contribution in [0.1, 0.15) is 69.1 Å². The largest absolute Gasteiger partial charge is 0.443 e. The van der Waals surface area contributed by atoms with Crippen LogP contribution in [0.15, 0.2) is 120 Å². The van der Waals surface area contributed by atoms with Gasteiger partial charge in [0.15, 0.2) is 29.4 Å². The number of nitrogens with zero attached hydrogens (tertiary/aromatic N) is 4. The SMILES string of the molecule is CC1(C)c2cc(-c3nc(-c4ccccc4)nc(-c4ccc(C56CC7CC(CC(C7)C5)C6)cc4)n3)ccc2-c2ccc(-c3cccc4ncoc34)cc21. The molecule has 7 aromatic rings. The molecule has 5 nitrogen and oxygen atoms in total. The average molecular weight is 677 g/mol. The van der Waals surface area contributed by atoms with Crippen LogP contribution in [0.25, 0.3) is 67.5 Å². The molecule has 0 aliphatic heterocycles. The third kappa shape index (κ3) is 4.61. The van der Waals surface area contributed by atoms with E-state index in [1.54, 1.807) is 0 Å². The number of oxazole rings is 1. The van der Waals surface area contributed by atoms with Crippen molar-refractivity contribution in [2.45, 2.75) is 63.2 Å². The molecular weight excluding hydrogens is 637 g/mol. The van der Waals surface area contributed by atoms with Crippen LogP contribution >= 0.6 is 0 Å². The van der Waals surface area contributed by atoms with E-state index in [1.165, 1.54) is 72.7 Å². The fourth-order valence-electron chi connectivity index (χ4n) is 10.9. The molecule has 5 aliphatic carbocycles. The fourth-order valence-corrected chi connectivity index (χ4v) is 10.9. The molecule has 0 atom stereocenters. The summed E-state index contributed by atoms with van der Waals surface area (Å²) in [6, 6.07) is 39.3. The molecule has 5 aliphatic rings. The first-order valence-electron chi connectivity index (χ1n) is 19.0. The van der Waals surface area contributed by atoms with Gasteiger partial charge in [-0.25, -0.2) is 19.9 Å². The Hall–Kier alpha value is -5.42. The molecule has 0 saturated heterocycles. The maximum Gasteiger partial charge on any atom is 0.182 e. The molecule has 52 heavy (non-hydrogen) atoms. The van der Waals surface area contributed by atoms with E-state index in [2.05, 4.69) is 97.7 Å². The van der Waals surface area contributed by atoms with Crippen molar-refractivity contribution in [1.82, 2.24) is 19.9 Å². The first-order chi connectivity index (χ1) is 25.4. The summed E-state index contributed by atoms with van der Waals surface area (Å²) >= 11 is 0. The van der Waals surface area contributed by atoms with Gasteiger partial charge in [0.2, 0.25) is 0 Å². The monoisotopic (exact) mass is 676 g/mol. The Balaban J connectivity index is 0.978. The zero-order valence-electron chi connectivity index (χ0n) is 29.6. The molecule has 2 heterocycles. The minimum Gasteiger partial charge on any atom is -0.443 e. The highest BCUT2D eigenvalue weighted by Gasteiger charge is 2.51. The Morgan fingerprint density at radius 2 is 1.10 bits per heavy atom. The van der Waals surface area contributed by atoms with Crippen molar-refractivity contribution in [3.05, 3.63) is 132 Å². The third-order valence-electron chi connectivity index (χ3n) is 13.1. The lowest BCUT2D eigenvalue weighted by molar-refractivity contribution is -0.00518. The number of hydrogen-bond acceptors (Lipinski definition) is 5. The van der Waals surface area contributed by atoms with Crippen LogP contribution in [0.2, 0.25) is 0 Å².